The molecule has 6 rings (SSSR count). The second-order valence-corrected chi connectivity index (χ2v) is 15.0. The van der Waals surface area contributed by atoms with E-state index in [2.05, 4.69) is 123 Å². The summed E-state index contributed by atoms with van der Waals surface area (Å²) >= 11 is 1.82. The smallest absolute Gasteiger partial charge is 0.303 e. The van der Waals surface area contributed by atoms with Gasteiger partial charge in [-0.15, -0.1) is 11.3 Å². The molecule has 0 aliphatic carbocycles. The van der Waals surface area contributed by atoms with Crippen molar-refractivity contribution < 1.29 is 19.4 Å². The van der Waals surface area contributed by atoms with Gasteiger partial charge in [-0.1, -0.05) is 50.3 Å². The first-order chi connectivity index (χ1) is 23.4. The van der Waals surface area contributed by atoms with Crippen molar-refractivity contribution >= 4 is 50.2 Å². The van der Waals surface area contributed by atoms with Gasteiger partial charge in [0.15, 0.2) is 5.71 Å². The summed E-state index contributed by atoms with van der Waals surface area (Å²) < 4.78 is 3.70. The summed E-state index contributed by atoms with van der Waals surface area (Å²) in [5.41, 5.74) is 7.51. The molecule has 0 fully saturated rings. The Labute approximate surface area is 292 Å². The highest BCUT2D eigenvalue weighted by molar-refractivity contribution is 7.22. The van der Waals surface area contributed by atoms with Crippen LogP contribution in [-0.2, 0) is 15.6 Å². The first-order valence-electron chi connectivity index (χ1n) is 17.1. The van der Waals surface area contributed by atoms with Crippen LogP contribution in [-0.4, -0.2) is 39.4 Å². The van der Waals surface area contributed by atoms with E-state index in [-0.39, 0.29) is 27.9 Å². The lowest BCUT2D eigenvalue weighted by Crippen LogP contribution is -2.28. The number of hydrogen-bond acceptors (Lipinski definition) is 5. The third-order valence-electron chi connectivity index (χ3n) is 10.0. The molecule has 4 aromatic rings. The van der Waals surface area contributed by atoms with Crippen molar-refractivity contribution in [3.8, 4) is 10.4 Å². The highest BCUT2D eigenvalue weighted by Gasteiger charge is 2.44. The number of allylic oxidation sites excluding steroid dienone is 6. The number of hydrogen-bond donors (Lipinski definition) is 1. The normalized spacial score (nSPS) is 17.2. The maximum Gasteiger partial charge on any atom is 0.303 e. The van der Waals surface area contributed by atoms with Gasteiger partial charge in [-0.25, -0.2) is 0 Å². The van der Waals surface area contributed by atoms with E-state index in [1.54, 1.807) is 12.1 Å². The molecule has 3 aromatic carbocycles. The van der Waals surface area contributed by atoms with Gasteiger partial charge in [0.05, 0.1) is 10.3 Å². The third-order valence-corrected chi connectivity index (χ3v) is 11.2. The van der Waals surface area contributed by atoms with E-state index in [0.717, 1.165) is 42.9 Å². The zero-order chi connectivity index (χ0) is 34.9. The summed E-state index contributed by atoms with van der Waals surface area (Å²) in [6, 6.07) is 22.8. The zero-order valence-corrected chi connectivity index (χ0v) is 29.7. The molecule has 0 saturated heterocycles. The van der Waals surface area contributed by atoms with E-state index in [0.29, 0.717) is 6.42 Å². The molecule has 252 valence electrons. The van der Waals surface area contributed by atoms with Gasteiger partial charge in [-0.2, -0.15) is 4.58 Å². The van der Waals surface area contributed by atoms with Crippen LogP contribution in [0.5, 0.6) is 0 Å². The summed E-state index contributed by atoms with van der Waals surface area (Å²) in [5, 5.41) is 21.9. The summed E-state index contributed by atoms with van der Waals surface area (Å²) in [6.45, 7) is 12.5. The third kappa shape index (κ3) is 6.49. The predicted molar refractivity (Wildman–Crippen MR) is 202 cm³/mol. The van der Waals surface area contributed by atoms with E-state index < -0.39 is 5.97 Å². The molecule has 0 saturated carbocycles. The molecule has 2 aliphatic rings. The lowest BCUT2D eigenvalue weighted by atomic mass is 9.80. The first-order valence-corrected chi connectivity index (χ1v) is 17.9. The molecule has 1 aromatic heterocycles. The summed E-state index contributed by atoms with van der Waals surface area (Å²) in [5.74, 6) is -0.744. The number of nitrogens with zero attached hydrogens (tertiary/aromatic N) is 3. The molecule has 3 heterocycles. The van der Waals surface area contributed by atoms with Gasteiger partial charge in [0.25, 0.3) is 5.69 Å². The Hall–Kier alpha value is -4.82. The molecule has 2 aliphatic heterocycles. The number of benzene rings is 3. The van der Waals surface area contributed by atoms with E-state index in [9.17, 15) is 14.9 Å². The topological polar surface area (TPSA) is 86.7 Å². The van der Waals surface area contributed by atoms with Gasteiger partial charge in [0.1, 0.15) is 6.54 Å². The highest BCUT2D eigenvalue weighted by Crippen LogP contribution is 2.49. The van der Waals surface area contributed by atoms with Crippen molar-refractivity contribution in [1.82, 2.24) is 0 Å². The average molecular weight is 675 g/mol. The number of unbranched alkanes of at least 4 members (excludes halogenated alkanes) is 2. The molecule has 0 unspecified atom stereocenters. The number of aliphatic carboxylic acids is 1. The molecule has 8 heteroatoms. The molecule has 0 atom stereocenters. The maximum atomic E-state index is 11.5. The second-order valence-electron chi connectivity index (χ2n) is 13.9. The summed E-state index contributed by atoms with van der Waals surface area (Å²) in [7, 11) is 0. The fourth-order valence-electron chi connectivity index (χ4n) is 7.39. The van der Waals surface area contributed by atoms with Crippen molar-refractivity contribution in [3.63, 3.8) is 0 Å². The second kappa shape index (κ2) is 13.6. The van der Waals surface area contributed by atoms with Crippen LogP contribution in [0.4, 0.5) is 17.1 Å². The van der Waals surface area contributed by atoms with Crippen molar-refractivity contribution in [3.05, 3.63) is 124 Å². The number of fused-ring (bicyclic) bond motifs is 3. The minimum atomic E-state index is -0.744. The summed E-state index contributed by atoms with van der Waals surface area (Å²) in [6.07, 6.45) is 13.2. The Bertz CT molecular complexity index is 2030. The van der Waals surface area contributed by atoms with Gasteiger partial charge in [-0.05, 0) is 86.5 Å². The fourth-order valence-corrected chi connectivity index (χ4v) is 8.45. The van der Waals surface area contributed by atoms with Crippen LogP contribution in [0, 0.1) is 10.1 Å². The number of carboxylic acids is 1. The van der Waals surface area contributed by atoms with E-state index >= 15 is 0 Å². The van der Waals surface area contributed by atoms with Crippen molar-refractivity contribution in [2.45, 2.75) is 71.1 Å². The van der Waals surface area contributed by atoms with E-state index in [4.69, 9.17) is 5.11 Å². The number of nitro benzene ring substituents is 1. The fraction of sp³-hybridized carbons (Fsp3) is 0.317. The van der Waals surface area contributed by atoms with Crippen LogP contribution in [0.15, 0.2) is 103 Å². The Morgan fingerprint density at radius 2 is 1.73 bits per heavy atom. The quantitative estimate of drug-likeness (QED) is 0.0531. The predicted octanol–water partition coefficient (Wildman–Crippen LogP) is 10.3. The molecular weight excluding hydrogens is 631 g/mol. The molecule has 0 radical (unpaired) electrons. The van der Waals surface area contributed by atoms with Crippen LogP contribution in [0.25, 0.3) is 20.5 Å². The number of nitro groups is 1. The molecule has 0 bridgehead atoms. The number of non-ortho nitro benzene ring substituents is 1. The molecule has 7 nitrogen and oxygen atoms in total. The Morgan fingerprint density at radius 1 is 0.939 bits per heavy atom. The first kappa shape index (κ1) is 34.1. The van der Waals surface area contributed by atoms with Gasteiger partial charge in [0.2, 0.25) is 5.69 Å². The van der Waals surface area contributed by atoms with E-state index in [1.165, 1.54) is 37.5 Å². The Kier molecular flexibility index (Phi) is 9.45. The molecule has 1 N–H and O–H groups in total. The van der Waals surface area contributed by atoms with E-state index in [1.807, 2.05) is 17.4 Å². The van der Waals surface area contributed by atoms with Gasteiger partial charge in [0, 0.05) is 75.6 Å². The lowest BCUT2D eigenvalue weighted by Gasteiger charge is -2.25. The molecule has 0 spiro atoms. The Balaban J connectivity index is 1.29. The largest absolute Gasteiger partial charge is 0.481 e. The van der Waals surface area contributed by atoms with Gasteiger partial charge in [-0.3, -0.25) is 14.9 Å². The van der Waals surface area contributed by atoms with Crippen LogP contribution >= 0.6 is 11.3 Å². The van der Waals surface area contributed by atoms with Gasteiger partial charge >= 0.3 is 5.97 Å². The number of thiophene rings is 1. The average Bonchev–Trinajstić information content (AvgIpc) is 3.66. The van der Waals surface area contributed by atoms with Crippen LogP contribution in [0.1, 0.15) is 71.4 Å². The number of carbonyl (C=O) groups is 1. The minimum Gasteiger partial charge on any atom is -0.481 e. The van der Waals surface area contributed by atoms with Crippen LogP contribution < -0.4 is 4.90 Å². The van der Waals surface area contributed by atoms with Crippen LogP contribution in [0.2, 0.25) is 0 Å². The monoisotopic (exact) mass is 674 g/mol. The van der Waals surface area contributed by atoms with Crippen molar-refractivity contribution in [2.24, 2.45) is 0 Å². The highest BCUT2D eigenvalue weighted by atomic mass is 32.1. The number of carboxylic acid groups (broad SMARTS) is 1. The zero-order valence-electron chi connectivity index (χ0n) is 28.9. The summed E-state index contributed by atoms with van der Waals surface area (Å²) in [4.78, 5) is 25.7. The van der Waals surface area contributed by atoms with Crippen molar-refractivity contribution in [1.29, 1.82) is 0 Å². The molecular formula is C41H44N3O4S+. The van der Waals surface area contributed by atoms with Crippen LogP contribution in [0.3, 0.4) is 0 Å². The lowest BCUT2D eigenvalue weighted by molar-refractivity contribution is -0.438. The van der Waals surface area contributed by atoms with Crippen molar-refractivity contribution in [2.75, 3.05) is 18.0 Å². The standard InChI is InChI=1S/C41H43N3O4S/c1-6-42-33-23-21-30(44(47)48)27-32(33)41(4,5)37(42)17-9-7-10-18-38-40(2,3)31-25-29(36-26-28-15-12-13-16-35(28)49-36)20-22-34(31)43(38)24-14-8-11-19-39(45)46/h7,9-10,12-13,15-18,20-23,25-27H,6,8,11,14,19,24H2,1-5H3/p+1. The molecule has 49 heavy (non-hydrogen) atoms. The number of rotatable bonds is 12. The number of anilines is 1. The molecule has 0 amide bonds. The Morgan fingerprint density at radius 3 is 2.47 bits per heavy atom. The van der Waals surface area contributed by atoms with Gasteiger partial charge < -0.3 is 10.0 Å². The minimum absolute atomic E-state index is 0.113. The maximum absolute atomic E-state index is 11.5. The number of likely N-dealkylation sites (N-methyl/N-ethyl adjacent to an activating group) is 1. The SMILES string of the molecule is CCN1/C(=C/C=C/C=C/C2=[N+](CCCCCC(=O)O)c3ccc(-c4cc5ccccc5s4)cc3C2(C)C)C(C)(C)c2cc([N+](=O)[O-])ccc21.